The summed E-state index contributed by atoms with van der Waals surface area (Å²) < 4.78 is 8.73. The molecule has 0 aromatic heterocycles. The smallest absolute Gasteiger partial charge is 0.450 e. The molecule has 3 N–H and O–H groups in total. The number of hydrogen-bond donors (Lipinski definition) is 2. The van der Waals surface area contributed by atoms with Gasteiger partial charge in [0.25, 0.3) is 0 Å². The zero-order valence-electron chi connectivity index (χ0n) is 11.3. The van der Waals surface area contributed by atoms with E-state index in [1.54, 1.807) is 0 Å². The van der Waals surface area contributed by atoms with Crippen LogP contribution in [0.4, 0.5) is 9.59 Å². The molecule has 0 radical (unpaired) electrons. The molecule has 0 aliphatic carbocycles. The summed E-state index contributed by atoms with van der Waals surface area (Å²) in [6, 6.07) is 0. The normalized spacial score (nSPS) is 9.00. The van der Waals surface area contributed by atoms with Crippen molar-refractivity contribution in [1.29, 1.82) is 0 Å². The Morgan fingerprint density at radius 2 is 1.50 bits per heavy atom. The maximum absolute atomic E-state index is 9.87. The van der Waals surface area contributed by atoms with E-state index < -0.39 is 12.2 Å². The molecule has 0 saturated heterocycles. The molecule has 0 aliphatic heterocycles. The van der Waals surface area contributed by atoms with Crippen LogP contribution in [0.15, 0.2) is 0 Å². The average molecular weight is 263 g/mol. The Labute approximate surface area is 108 Å². The molecular weight excluding hydrogens is 238 g/mol. The van der Waals surface area contributed by atoms with Gasteiger partial charge in [0.15, 0.2) is 0 Å². The first-order valence-electron chi connectivity index (χ1n) is 6.32. The summed E-state index contributed by atoms with van der Waals surface area (Å²) in [6.07, 6.45) is 4.28. The predicted octanol–water partition coefficient (Wildman–Crippen LogP) is 3.14. The highest BCUT2D eigenvalue weighted by molar-refractivity contribution is 5.64. The third-order valence-corrected chi connectivity index (χ3v) is 1.97. The Bertz CT molecular complexity index is 209. The van der Waals surface area contributed by atoms with Crippen molar-refractivity contribution in [2.45, 2.75) is 52.4 Å². The van der Waals surface area contributed by atoms with Gasteiger partial charge in [-0.05, 0) is 12.8 Å². The number of unbranched alkanes of at least 4 members (excludes halogenated alkanes) is 4. The van der Waals surface area contributed by atoms with E-state index in [-0.39, 0.29) is 0 Å². The maximum atomic E-state index is 9.87. The monoisotopic (exact) mass is 263 g/mol. The van der Waals surface area contributed by atoms with Crippen LogP contribution in [-0.4, -0.2) is 30.6 Å². The van der Waals surface area contributed by atoms with Gasteiger partial charge in [-0.3, -0.25) is 0 Å². The summed E-state index contributed by atoms with van der Waals surface area (Å²) in [5.74, 6) is 0. The summed E-state index contributed by atoms with van der Waals surface area (Å²) in [4.78, 5) is 19.7. The standard InChI is InChI=1S/C7H14O3.C5H11NO2/c1-2-3-4-5-6-10-7(8)9;1-2-3-4-8-5(6)7/h2-6H2,1H3,(H,8,9);2-4H2,1H3,(H2,6,7). The zero-order valence-corrected chi connectivity index (χ0v) is 11.3. The van der Waals surface area contributed by atoms with Gasteiger partial charge in [0.1, 0.15) is 0 Å². The first-order chi connectivity index (χ1) is 8.54. The highest BCUT2D eigenvalue weighted by atomic mass is 16.7. The van der Waals surface area contributed by atoms with Gasteiger partial charge >= 0.3 is 12.2 Å². The Morgan fingerprint density at radius 3 is 1.94 bits per heavy atom. The molecule has 0 aliphatic rings. The summed E-state index contributed by atoms with van der Waals surface area (Å²) in [5, 5.41) is 8.05. The van der Waals surface area contributed by atoms with Gasteiger partial charge in [-0.15, -0.1) is 0 Å². The van der Waals surface area contributed by atoms with Gasteiger partial charge in [0.05, 0.1) is 13.2 Å². The van der Waals surface area contributed by atoms with Crippen molar-refractivity contribution in [2.75, 3.05) is 13.2 Å². The summed E-state index contributed by atoms with van der Waals surface area (Å²) in [5.41, 5.74) is 4.67. The molecule has 1 amide bonds. The molecule has 0 spiro atoms. The molecule has 0 aromatic carbocycles. The number of primary amides is 1. The van der Waals surface area contributed by atoms with E-state index in [1.165, 1.54) is 0 Å². The van der Waals surface area contributed by atoms with Crippen molar-refractivity contribution in [3.63, 3.8) is 0 Å². The highest BCUT2D eigenvalue weighted by Crippen LogP contribution is 1.98. The lowest BCUT2D eigenvalue weighted by Gasteiger charge is -1.98. The first kappa shape index (κ1) is 18.9. The zero-order chi connectivity index (χ0) is 14.2. The van der Waals surface area contributed by atoms with Crippen molar-refractivity contribution in [3.05, 3.63) is 0 Å². The van der Waals surface area contributed by atoms with Gasteiger partial charge < -0.3 is 20.3 Å². The SMILES string of the molecule is CCCCCCOC(=O)O.CCCCOC(N)=O. The quantitative estimate of drug-likeness (QED) is 0.517. The summed E-state index contributed by atoms with van der Waals surface area (Å²) in [7, 11) is 0. The predicted molar refractivity (Wildman–Crippen MR) is 68.6 cm³/mol. The van der Waals surface area contributed by atoms with Gasteiger partial charge in [0.2, 0.25) is 0 Å². The molecular formula is C12H25NO5. The molecule has 6 heteroatoms. The summed E-state index contributed by atoms with van der Waals surface area (Å²) in [6.45, 7) is 4.92. The van der Waals surface area contributed by atoms with Crippen LogP contribution >= 0.6 is 0 Å². The molecule has 108 valence electrons. The van der Waals surface area contributed by atoms with Crippen LogP contribution in [0.5, 0.6) is 0 Å². The second kappa shape index (κ2) is 15.5. The van der Waals surface area contributed by atoms with Crippen molar-refractivity contribution < 1.29 is 24.2 Å². The molecule has 0 unspecified atom stereocenters. The van der Waals surface area contributed by atoms with Crippen LogP contribution in [-0.2, 0) is 9.47 Å². The molecule has 0 saturated carbocycles. The van der Waals surface area contributed by atoms with Crippen LogP contribution < -0.4 is 5.73 Å². The van der Waals surface area contributed by atoms with Crippen LogP contribution in [0.3, 0.4) is 0 Å². The number of carboxylic acid groups (broad SMARTS) is 1. The third-order valence-electron chi connectivity index (χ3n) is 1.97. The molecule has 6 nitrogen and oxygen atoms in total. The van der Waals surface area contributed by atoms with Crippen LogP contribution in [0.1, 0.15) is 52.4 Å². The van der Waals surface area contributed by atoms with Crippen LogP contribution in [0.2, 0.25) is 0 Å². The van der Waals surface area contributed by atoms with Crippen molar-refractivity contribution >= 4 is 12.2 Å². The lowest BCUT2D eigenvalue weighted by Crippen LogP contribution is -2.13. The lowest BCUT2D eigenvalue weighted by molar-refractivity contribution is 0.0900. The van der Waals surface area contributed by atoms with E-state index in [1.807, 2.05) is 6.92 Å². The number of rotatable bonds is 8. The van der Waals surface area contributed by atoms with E-state index in [4.69, 9.17) is 5.11 Å². The second-order valence-corrected chi connectivity index (χ2v) is 3.70. The number of carbonyl (C=O) groups excluding carboxylic acids is 1. The maximum Gasteiger partial charge on any atom is 0.505 e. The fraction of sp³-hybridized carbons (Fsp3) is 0.833. The number of amides is 1. The van der Waals surface area contributed by atoms with Gasteiger partial charge in [-0.25, -0.2) is 9.59 Å². The van der Waals surface area contributed by atoms with E-state index in [0.717, 1.165) is 38.5 Å². The fourth-order valence-corrected chi connectivity index (χ4v) is 1.01. The Balaban J connectivity index is 0. The lowest BCUT2D eigenvalue weighted by atomic mass is 10.2. The largest absolute Gasteiger partial charge is 0.505 e. The highest BCUT2D eigenvalue weighted by Gasteiger charge is 1.93. The minimum atomic E-state index is -1.17. The fourth-order valence-electron chi connectivity index (χ4n) is 1.01. The molecule has 0 atom stereocenters. The van der Waals surface area contributed by atoms with Crippen LogP contribution in [0, 0.1) is 0 Å². The van der Waals surface area contributed by atoms with Gasteiger partial charge in [-0.2, -0.15) is 0 Å². The molecule has 18 heavy (non-hydrogen) atoms. The minimum absolute atomic E-state index is 0.343. The molecule has 0 fully saturated rings. The summed E-state index contributed by atoms with van der Waals surface area (Å²) >= 11 is 0. The third kappa shape index (κ3) is 24.0. The molecule has 0 heterocycles. The van der Waals surface area contributed by atoms with E-state index in [0.29, 0.717) is 13.2 Å². The number of carbonyl (C=O) groups is 2. The van der Waals surface area contributed by atoms with E-state index >= 15 is 0 Å². The Hall–Kier alpha value is -1.46. The average Bonchev–Trinajstić information content (AvgIpc) is 2.29. The van der Waals surface area contributed by atoms with Crippen molar-refractivity contribution in [2.24, 2.45) is 5.73 Å². The second-order valence-electron chi connectivity index (χ2n) is 3.70. The van der Waals surface area contributed by atoms with Crippen molar-refractivity contribution in [1.82, 2.24) is 0 Å². The van der Waals surface area contributed by atoms with Crippen molar-refractivity contribution in [3.8, 4) is 0 Å². The first-order valence-corrected chi connectivity index (χ1v) is 6.32. The van der Waals surface area contributed by atoms with E-state index in [9.17, 15) is 9.59 Å². The van der Waals surface area contributed by atoms with Gasteiger partial charge in [-0.1, -0.05) is 39.5 Å². The molecule has 0 bridgehead atoms. The molecule has 0 aromatic rings. The Kier molecular flexibility index (Phi) is 16.3. The van der Waals surface area contributed by atoms with Gasteiger partial charge in [0, 0.05) is 0 Å². The van der Waals surface area contributed by atoms with Crippen LogP contribution in [0.25, 0.3) is 0 Å². The Morgan fingerprint density at radius 1 is 0.944 bits per heavy atom. The minimum Gasteiger partial charge on any atom is -0.450 e. The number of ether oxygens (including phenoxy) is 2. The number of hydrogen-bond acceptors (Lipinski definition) is 4. The molecule has 0 rings (SSSR count). The topological polar surface area (TPSA) is 98.8 Å². The number of nitrogens with two attached hydrogens (primary N) is 1. The van der Waals surface area contributed by atoms with E-state index in [2.05, 4.69) is 22.1 Å².